The van der Waals surface area contributed by atoms with Crippen molar-refractivity contribution in [2.24, 2.45) is 5.92 Å². The van der Waals surface area contributed by atoms with E-state index in [2.05, 4.69) is 20.3 Å². The van der Waals surface area contributed by atoms with Crippen molar-refractivity contribution in [3.8, 4) is 11.5 Å². The van der Waals surface area contributed by atoms with Crippen molar-refractivity contribution in [2.45, 2.75) is 45.6 Å². The summed E-state index contributed by atoms with van der Waals surface area (Å²) in [5.74, 6) is 0.364. The van der Waals surface area contributed by atoms with Gasteiger partial charge in [-0.05, 0) is 55.4 Å². The van der Waals surface area contributed by atoms with E-state index in [1.54, 1.807) is 23.6 Å². The number of rotatable bonds is 5. The summed E-state index contributed by atoms with van der Waals surface area (Å²) in [6.07, 6.45) is 6.14. The maximum absolute atomic E-state index is 13.0. The van der Waals surface area contributed by atoms with Crippen LogP contribution in [0.2, 0.25) is 0 Å². The number of thiophene rings is 1. The molecule has 29 heavy (non-hydrogen) atoms. The van der Waals surface area contributed by atoms with Gasteiger partial charge in [-0.1, -0.05) is 19.9 Å². The predicted octanol–water partition coefficient (Wildman–Crippen LogP) is 3.90. The third-order valence-electron chi connectivity index (χ3n) is 5.16. The Labute approximate surface area is 173 Å². The van der Waals surface area contributed by atoms with E-state index >= 15 is 0 Å². The highest BCUT2D eigenvalue weighted by atomic mass is 32.1. The molecule has 3 aromatic rings. The molecular weight excluding hydrogens is 384 g/mol. The quantitative estimate of drug-likeness (QED) is 0.670. The Morgan fingerprint density at radius 1 is 1.21 bits per heavy atom. The summed E-state index contributed by atoms with van der Waals surface area (Å²) >= 11 is 1.59. The molecule has 3 aromatic heterocycles. The minimum Gasteiger partial charge on any atom is -0.343 e. The number of aromatic nitrogens is 3. The van der Waals surface area contributed by atoms with E-state index in [1.165, 1.54) is 29.3 Å². The maximum atomic E-state index is 13.0. The molecule has 0 aromatic carbocycles. The Kier molecular flexibility index (Phi) is 5.58. The Balaban J connectivity index is 1.62. The van der Waals surface area contributed by atoms with E-state index in [-0.39, 0.29) is 23.4 Å². The fourth-order valence-corrected chi connectivity index (χ4v) is 4.81. The molecule has 4 rings (SSSR count). The largest absolute Gasteiger partial charge is 0.343 e. The fourth-order valence-electron chi connectivity index (χ4n) is 3.66. The van der Waals surface area contributed by atoms with E-state index < -0.39 is 0 Å². The number of aryl methyl sites for hydroxylation is 2. The predicted molar refractivity (Wildman–Crippen MR) is 114 cm³/mol. The van der Waals surface area contributed by atoms with Crippen LogP contribution in [0.15, 0.2) is 41.3 Å². The molecule has 150 valence electrons. The Morgan fingerprint density at radius 3 is 2.76 bits per heavy atom. The molecule has 0 aliphatic heterocycles. The van der Waals surface area contributed by atoms with Crippen molar-refractivity contribution in [1.82, 2.24) is 20.3 Å². The summed E-state index contributed by atoms with van der Waals surface area (Å²) < 4.78 is 0. The number of nitrogens with zero attached hydrogens (tertiary/aromatic N) is 2. The average molecular weight is 409 g/mol. The zero-order valence-electron chi connectivity index (χ0n) is 16.6. The molecule has 0 saturated carbocycles. The lowest BCUT2D eigenvalue weighted by atomic mass is 9.99. The van der Waals surface area contributed by atoms with Gasteiger partial charge in [-0.15, -0.1) is 11.3 Å². The molecule has 0 spiro atoms. The van der Waals surface area contributed by atoms with Crippen molar-refractivity contribution >= 4 is 17.2 Å². The Hall–Kier alpha value is -2.80. The molecule has 1 amide bonds. The second-order valence-electron chi connectivity index (χ2n) is 7.70. The van der Waals surface area contributed by atoms with Gasteiger partial charge in [0.1, 0.15) is 5.69 Å². The smallest absolute Gasteiger partial charge is 0.261 e. The summed E-state index contributed by atoms with van der Waals surface area (Å²) in [6, 6.07) is 8.55. The first-order valence-corrected chi connectivity index (χ1v) is 10.8. The minimum absolute atomic E-state index is 0.0689. The van der Waals surface area contributed by atoms with Crippen LogP contribution in [0.4, 0.5) is 0 Å². The molecule has 0 fully saturated rings. The second kappa shape index (κ2) is 8.29. The number of nitrogens with one attached hydrogen (secondary N) is 2. The van der Waals surface area contributed by atoms with E-state index in [1.807, 2.05) is 32.0 Å². The molecule has 0 radical (unpaired) electrons. The SMILES string of the molecule is CC(C)C(NC(=O)c1cc2c(s1)CCCC2)c1cc(=O)[nH]c(-c2ccccn2)n1. The topological polar surface area (TPSA) is 87.7 Å². The molecular formula is C22H24N4O2S. The number of fused-ring (bicyclic) bond motifs is 1. The first-order chi connectivity index (χ1) is 14.0. The summed E-state index contributed by atoms with van der Waals surface area (Å²) in [4.78, 5) is 38.9. The zero-order valence-corrected chi connectivity index (χ0v) is 17.4. The number of amides is 1. The van der Waals surface area contributed by atoms with Gasteiger partial charge in [0.05, 0.1) is 16.6 Å². The highest BCUT2D eigenvalue weighted by molar-refractivity contribution is 7.14. The van der Waals surface area contributed by atoms with Gasteiger partial charge < -0.3 is 10.3 Å². The molecule has 6 nitrogen and oxygen atoms in total. The number of aromatic amines is 1. The van der Waals surface area contributed by atoms with Crippen LogP contribution >= 0.6 is 11.3 Å². The maximum Gasteiger partial charge on any atom is 0.261 e. The molecule has 0 bridgehead atoms. The lowest BCUT2D eigenvalue weighted by Crippen LogP contribution is -2.33. The number of carbonyl (C=O) groups excluding carboxylic acids is 1. The Bertz CT molecular complexity index is 1050. The molecule has 1 unspecified atom stereocenters. The highest BCUT2D eigenvalue weighted by Gasteiger charge is 2.24. The van der Waals surface area contributed by atoms with Crippen LogP contribution in [0, 0.1) is 5.92 Å². The van der Waals surface area contributed by atoms with Crippen LogP contribution in [0.25, 0.3) is 11.5 Å². The van der Waals surface area contributed by atoms with Gasteiger partial charge >= 0.3 is 0 Å². The first kappa shape index (κ1) is 19.5. The average Bonchev–Trinajstić information content (AvgIpc) is 3.16. The van der Waals surface area contributed by atoms with Gasteiger partial charge in [-0.25, -0.2) is 4.98 Å². The van der Waals surface area contributed by atoms with Gasteiger partial charge in [0.15, 0.2) is 5.82 Å². The second-order valence-corrected chi connectivity index (χ2v) is 8.83. The van der Waals surface area contributed by atoms with E-state index in [9.17, 15) is 9.59 Å². The molecule has 1 aliphatic carbocycles. The van der Waals surface area contributed by atoms with Crippen LogP contribution in [-0.2, 0) is 12.8 Å². The lowest BCUT2D eigenvalue weighted by molar-refractivity contribution is 0.0928. The molecule has 3 heterocycles. The number of hydrogen-bond acceptors (Lipinski definition) is 5. The zero-order chi connectivity index (χ0) is 20.4. The van der Waals surface area contributed by atoms with Crippen molar-refractivity contribution in [3.05, 3.63) is 67.9 Å². The van der Waals surface area contributed by atoms with Crippen LogP contribution in [-0.4, -0.2) is 20.9 Å². The van der Waals surface area contributed by atoms with Gasteiger partial charge in [0, 0.05) is 17.1 Å². The third kappa shape index (κ3) is 4.29. The third-order valence-corrected chi connectivity index (χ3v) is 6.40. The summed E-state index contributed by atoms with van der Waals surface area (Å²) in [5.41, 5.74) is 2.17. The monoisotopic (exact) mass is 408 g/mol. The first-order valence-electron chi connectivity index (χ1n) is 9.96. The number of hydrogen-bond donors (Lipinski definition) is 2. The lowest BCUT2D eigenvalue weighted by Gasteiger charge is -2.22. The van der Waals surface area contributed by atoms with E-state index in [0.29, 0.717) is 17.2 Å². The standard InChI is InChI=1S/C22H24N4O2S/c1-13(2)20(26-22(28)18-11-14-7-3-4-9-17(14)29-18)16-12-19(27)25-21(24-16)15-8-5-6-10-23-15/h5-6,8,10-13,20H,3-4,7,9H2,1-2H3,(H,26,28)(H,24,25,27). The van der Waals surface area contributed by atoms with Crippen molar-refractivity contribution < 1.29 is 4.79 Å². The van der Waals surface area contributed by atoms with Crippen LogP contribution in [0.3, 0.4) is 0 Å². The van der Waals surface area contributed by atoms with Crippen molar-refractivity contribution in [2.75, 3.05) is 0 Å². The van der Waals surface area contributed by atoms with Crippen LogP contribution in [0.5, 0.6) is 0 Å². The fraction of sp³-hybridized carbons (Fsp3) is 0.364. The number of H-pyrrole nitrogens is 1. The molecule has 1 aliphatic rings. The van der Waals surface area contributed by atoms with Crippen molar-refractivity contribution in [3.63, 3.8) is 0 Å². The summed E-state index contributed by atoms with van der Waals surface area (Å²) in [7, 11) is 0. The minimum atomic E-state index is -0.369. The van der Waals surface area contributed by atoms with Crippen LogP contribution < -0.4 is 10.9 Å². The molecule has 0 saturated heterocycles. The van der Waals surface area contributed by atoms with Gasteiger partial charge in [0.2, 0.25) is 0 Å². The highest BCUT2D eigenvalue weighted by Crippen LogP contribution is 2.30. The van der Waals surface area contributed by atoms with Gasteiger partial charge in [0.25, 0.3) is 11.5 Å². The molecule has 7 heteroatoms. The van der Waals surface area contributed by atoms with Crippen LogP contribution in [0.1, 0.15) is 58.5 Å². The number of carbonyl (C=O) groups is 1. The van der Waals surface area contributed by atoms with E-state index in [0.717, 1.165) is 17.7 Å². The van der Waals surface area contributed by atoms with Gasteiger partial charge in [-0.2, -0.15) is 0 Å². The number of pyridine rings is 1. The Morgan fingerprint density at radius 2 is 2.03 bits per heavy atom. The van der Waals surface area contributed by atoms with Gasteiger partial charge in [-0.3, -0.25) is 14.6 Å². The summed E-state index contributed by atoms with van der Waals surface area (Å²) in [6.45, 7) is 4.02. The molecule has 1 atom stereocenters. The summed E-state index contributed by atoms with van der Waals surface area (Å²) in [5, 5.41) is 3.10. The normalized spacial score (nSPS) is 14.4. The molecule has 2 N–H and O–H groups in total. The van der Waals surface area contributed by atoms with Crippen molar-refractivity contribution in [1.29, 1.82) is 0 Å². The van der Waals surface area contributed by atoms with E-state index in [4.69, 9.17) is 0 Å².